The fraction of sp³-hybridized carbons (Fsp3) is 0. The summed E-state index contributed by atoms with van der Waals surface area (Å²) in [7, 11) is -8.56. The molecular formula is BiCl3O9. The van der Waals surface area contributed by atoms with Crippen molar-refractivity contribution >= 4 is 26.2 Å². The van der Waals surface area contributed by atoms with Crippen molar-refractivity contribution in [1.82, 2.24) is 0 Å². The van der Waals surface area contributed by atoms with E-state index in [2.05, 4.69) is 0 Å². The van der Waals surface area contributed by atoms with Crippen molar-refractivity contribution in [3.8, 4) is 0 Å². The zero-order valence-electron chi connectivity index (χ0n) is 5.26. The van der Waals surface area contributed by atoms with Crippen LogP contribution in [0.1, 0.15) is 0 Å². The summed E-state index contributed by atoms with van der Waals surface area (Å²) in [5.41, 5.74) is 0. The van der Waals surface area contributed by atoms with Crippen LogP contribution in [0.25, 0.3) is 0 Å². The summed E-state index contributed by atoms with van der Waals surface area (Å²) in [6.45, 7) is 0. The summed E-state index contributed by atoms with van der Waals surface area (Å²) in [4.78, 5) is 0. The van der Waals surface area contributed by atoms with E-state index in [1.807, 2.05) is 0 Å². The first-order valence-electron chi connectivity index (χ1n) is 1.39. The molecule has 80 valence electrons. The van der Waals surface area contributed by atoms with Gasteiger partial charge in [0.25, 0.3) is 0 Å². The Balaban J connectivity index is -0.0000000450. The zero-order valence-corrected chi connectivity index (χ0v) is 11.0. The first kappa shape index (κ1) is 23.9. The molecule has 2 radical (unpaired) electrons. The molecule has 13 heavy (non-hydrogen) atoms. The molecule has 0 aromatic carbocycles. The van der Waals surface area contributed by atoms with Gasteiger partial charge in [0, 0.05) is 0 Å². The van der Waals surface area contributed by atoms with Gasteiger partial charge in [0.05, 0.1) is 32.4 Å². The predicted octanol–water partition coefficient (Wildman–Crippen LogP) is -11.1. The first-order chi connectivity index (χ1) is 5.20. The summed E-state index contributed by atoms with van der Waals surface area (Å²) in [5.74, 6) is 0. The largest absolute Gasteiger partial charge is 3.00 e. The van der Waals surface area contributed by atoms with E-state index >= 15 is 0 Å². The van der Waals surface area contributed by atoms with Crippen molar-refractivity contribution < 1.29 is 74.3 Å². The zero-order chi connectivity index (χ0) is 10.7. The van der Waals surface area contributed by atoms with E-state index in [4.69, 9.17) is 41.9 Å². The minimum Gasteiger partial charge on any atom is -0.357 e. The predicted molar refractivity (Wildman–Crippen MR) is 5.75 cm³/mol. The van der Waals surface area contributed by atoms with Gasteiger partial charge in [-0.1, -0.05) is 0 Å². The summed E-state index contributed by atoms with van der Waals surface area (Å²) in [5, 5.41) is 0. The van der Waals surface area contributed by atoms with Crippen molar-refractivity contribution in [1.29, 1.82) is 0 Å². The Labute approximate surface area is 100 Å². The van der Waals surface area contributed by atoms with Crippen LogP contribution in [0.15, 0.2) is 0 Å². The van der Waals surface area contributed by atoms with Gasteiger partial charge in [-0.3, -0.25) is 0 Å². The Hall–Kier alpha value is 1.39. The van der Waals surface area contributed by atoms with E-state index in [9.17, 15) is 0 Å². The summed E-state index contributed by atoms with van der Waals surface area (Å²) >= 11 is 0. The smallest absolute Gasteiger partial charge is 0.357 e. The second-order valence-electron chi connectivity index (χ2n) is 0.567. The van der Waals surface area contributed by atoms with Gasteiger partial charge in [0.1, 0.15) is 0 Å². The molecule has 0 aliphatic carbocycles. The van der Waals surface area contributed by atoms with Crippen LogP contribution in [0.2, 0.25) is 0 Å². The molecule has 0 aromatic rings. The minimum atomic E-state index is -2.85. The third kappa shape index (κ3) is 896. The molecule has 0 N–H and O–H groups in total. The first-order valence-corrected chi connectivity index (χ1v) is 4.17. The topological polar surface area (TPSA) is 208 Å². The van der Waals surface area contributed by atoms with Crippen molar-refractivity contribution in [2.75, 3.05) is 0 Å². The Morgan fingerprint density at radius 3 is 0.385 bits per heavy atom. The minimum absolute atomic E-state index is 0. The summed E-state index contributed by atoms with van der Waals surface area (Å²) in [6.07, 6.45) is 0. The summed E-state index contributed by atoms with van der Waals surface area (Å²) < 4.78 is 75.7. The van der Waals surface area contributed by atoms with Gasteiger partial charge in [0.2, 0.25) is 0 Å². The third-order valence-corrected chi connectivity index (χ3v) is 0. The molecule has 0 saturated heterocycles. The molecule has 0 rings (SSSR count). The van der Waals surface area contributed by atoms with E-state index in [1.54, 1.807) is 0 Å². The molecule has 0 spiro atoms. The molecule has 0 unspecified atom stereocenters. The van der Waals surface area contributed by atoms with Crippen LogP contribution in [-0.4, -0.2) is 26.2 Å². The fourth-order valence-corrected chi connectivity index (χ4v) is 0. The summed E-state index contributed by atoms with van der Waals surface area (Å²) in [6, 6.07) is 0. The number of hydrogen-bond acceptors (Lipinski definition) is 9. The molecular weight excluding hydrogens is 459 g/mol. The second kappa shape index (κ2) is 19.0. The quantitative estimate of drug-likeness (QED) is 0.315. The molecule has 0 atom stereocenters. The SMILES string of the molecule is [Bi+3].[O-][Cl+2]([O-])[O-].[O-][Cl+2]([O-])[O-].[O-][Cl+2]([O-])[O-]. The molecule has 0 fully saturated rings. The Morgan fingerprint density at radius 1 is 0.385 bits per heavy atom. The van der Waals surface area contributed by atoms with Crippen LogP contribution >= 0.6 is 0 Å². The van der Waals surface area contributed by atoms with Gasteiger partial charge in [0.15, 0.2) is 0 Å². The average molecular weight is 459 g/mol. The Morgan fingerprint density at radius 2 is 0.385 bits per heavy atom. The molecule has 0 aliphatic heterocycles. The van der Waals surface area contributed by atoms with Crippen molar-refractivity contribution in [2.45, 2.75) is 0 Å². The Kier molecular flexibility index (Phi) is 35.0. The van der Waals surface area contributed by atoms with Crippen LogP contribution in [-0.2, 0) is 0 Å². The third-order valence-electron chi connectivity index (χ3n) is 0. The van der Waals surface area contributed by atoms with E-state index in [1.165, 1.54) is 0 Å². The van der Waals surface area contributed by atoms with Crippen LogP contribution in [0.4, 0.5) is 0 Å². The molecule has 0 aromatic heterocycles. The van der Waals surface area contributed by atoms with E-state index < -0.39 is 32.4 Å². The average Bonchev–Trinajstić information content (AvgIpc) is 1.54. The fourth-order valence-electron chi connectivity index (χ4n) is 0. The molecule has 0 heterocycles. The normalized spacial score (nSPS) is 8.31. The molecule has 13 heteroatoms. The van der Waals surface area contributed by atoms with Gasteiger partial charge in [-0.15, -0.1) is 0 Å². The molecule has 9 nitrogen and oxygen atoms in total. The van der Waals surface area contributed by atoms with Crippen LogP contribution in [0.5, 0.6) is 0 Å². The number of hydrogen-bond donors (Lipinski definition) is 0. The molecule has 0 bridgehead atoms. The van der Waals surface area contributed by atoms with Crippen molar-refractivity contribution in [2.24, 2.45) is 0 Å². The van der Waals surface area contributed by atoms with Gasteiger partial charge in [-0.05, 0) is 0 Å². The molecule has 0 amide bonds. The van der Waals surface area contributed by atoms with Gasteiger partial charge in [-0.2, -0.15) is 0 Å². The maximum atomic E-state index is 8.41. The molecule has 0 saturated carbocycles. The van der Waals surface area contributed by atoms with Gasteiger partial charge in [-0.25, -0.2) is 0 Å². The van der Waals surface area contributed by atoms with E-state index in [0.717, 1.165) is 0 Å². The Bertz CT molecular complexity index is 43.4. The number of halogens is 3. The standard InChI is InChI=1S/Bi.3ClO3/c;3*2-1(3)4/q+3;3*-1. The van der Waals surface area contributed by atoms with E-state index in [0.29, 0.717) is 0 Å². The molecule has 0 aliphatic rings. The second-order valence-corrected chi connectivity index (χ2v) is 1.70. The van der Waals surface area contributed by atoms with E-state index in [-0.39, 0.29) is 26.2 Å². The van der Waals surface area contributed by atoms with Crippen molar-refractivity contribution in [3.63, 3.8) is 0 Å². The van der Waals surface area contributed by atoms with Crippen LogP contribution in [0.3, 0.4) is 0 Å². The van der Waals surface area contributed by atoms with Crippen LogP contribution in [0, 0.1) is 32.4 Å². The van der Waals surface area contributed by atoms with Crippen molar-refractivity contribution in [3.05, 3.63) is 0 Å². The van der Waals surface area contributed by atoms with Gasteiger partial charge < -0.3 is 41.9 Å². The van der Waals surface area contributed by atoms with Crippen LogP contribution < -0.4 is 41.9 Å². The number of rotatable bonds is 0. The monoisotopic (exact) mass is 458 g/mol. The maximum Gasteiger partial charge on any atom is 3.00 e. The van der Waals surface area contributed by atoms with Gasteiger partial charge >= 0.3 is 26.2 Å². The maximum absolute atomic E-state index is 8.41.